The Morgan fingerprint density at radius 1 is 1.16 bits per heavy atom. The molecule has 0 spiro atoms. The van der Waals surface area contributed by atoms with E-state index in [1.165, 1.54) is 18.2 Å². The highest BCUT2D eigenvalue weighted by molar-refractivity contribution is 7.89. The van der Waals surface area contributed by atoms with Crippen molar-refractivity contribution in [2.75, 3.05) is 6.54 Å². The molecular weight excluding hydrogens is 420 g/mol. The van der Waals surface area contributed by atoms with Gasteiger partial charge in [-0.25, -0.2) is 18.4 Å². The topological polar surface area (TPSA) is 129 Å². The number of primary sulfonamides is 1. The molecule has 1 amide bonds. The highest BCUT2D eigenvalue weighted by atomic mass is 32.2. The minimum atomic E-state index is -3.73. The van der Waals surface area contributed by atoms with Gasteiger partial charge >= 0.3 is 5.63 Å². The average Bonchev–Trinajstić information content (AvgIpc) is 2.70. The second-order valence-corrected chi connectivity index (χ2v) is 8.87. The zero-order valence-corrected chi connectivity index (χ0v) is 18.3. The van der Waals surface area contributed by atoms with Crippen LogP contribution in [0, 0.1) is 13.8 Å². The molecule has 9 heteroatoms. The van der Waals surface area contributed by atoms with Gasteiger partial charge in [0.1, 0.15) is 11.3 Å². The van der Waals surface area contributed by atoms with Crippen molar-refractivity contribution in [2.24, 2.45) is 5.14 Å². The number of benzene rings is 2. The monoisotopic (exact) mass is 444 g/mol. The summed E-state index contributed by atoms with van der Waals surface area (Å²) in [6.07, 6.45) is -0.250. The van der Waals surface area contributed by atoms with Crippen LogP contribution in [0.5, 0.6) is 5.75 Å². The standard InChI is InChI=1S/C22H24N2O6S/c1-13-12-20(25)30-21-14(2)19(9-8-18(13)21)29-15(3)22(26)24-11-10-16-4-6-17(7-5-16)31(23,27)28/h4-9,12,15H,10-11H2,1-3H3,(H,24,26)(H2,23,27,28)/t15-/m0/s1. The lowest BCUT2D eigenvalue weighted by molar-refractivity contribution is -0.127. The molecule has 0 fully saturated rings. The summed E-state index contributed by atoms with van der Waals surface area (Å²) in [7, 11) is -3.73. The second-order valence-electron chi connectivity index (χ2n) is 7.30. The molecule has 8 nitrogen and oxygen atoms in total. The maximum Gasteiger partial charge on any atom is 0.336 e. The molecule has 31 heavy (non-hydrogen) atoms. The Labute approximate surface area is 180 Å². The number of fused-ring (bicyclic) bond motifs is 1. The fourth-order valence-electron chi connectivity index (χ4n) is 3.19. The van der Waals surface area contributed by atoms with E-state index in [1.54, 1.807) is 38.1 Å². The lowest BCUT2D eigenvalue weighted by Gasteiger charge is -2.17. The molecule has 0 unspecified atom stereocenters. The predicted molar refractivity (Wildman–Crippen MR) is 117 cm³/mol. The van der Waals surface area contributed by atoms with E-state index in [2.05, 4.69) is 5.32 Å². The number of ether oxygens (including phenoxy) is 1. The van der Waals surface area contributed by atoms with Gasteiger partial charge < -0.3 is 14.5 Å². The Bertz CT molecular complexity index is 1280. The van der Waals surface area contributed by atoms with E-state index < -0.39 is 21.8 Å². The van der Waals surface area contributed by atoms with Crippen molar-refractivity contribution in [3.05, 3.63) is 69.6 Å². The Morgan fingerprint density at radius 2 is 1.84 bits per heavy atom. The lowest BCUT2D eigenvalue weighted by atomic mass is 10.1. The first-order chi connectivity index (χ1) is 14.6. The predicted octanol–water partition coefficient (Wildman–Crippen LogP) is 2.18. The zero-order chi connectivity index (χ0) is 22.8. The number of nitrogens with one attached hydrogen (secondary N) is 1. The third-order valence-electron chi connectivity index (χ3n) is 4.96. The minimum absolute atomic E-state index is 0.0408. The molecule has 0 aliphatic rings. The minimum Gasteiger partial charge on any atom is -0.480 e. The molecule has 3 rings (SSSR count). The largest absolute Gasteiger partial charge is 0.480 e. The SMILES string of the molecule is Cc1cc(=O)oc2c(C)c(O[C@@H](C)C(=O)NCCc3ccc(S(N)(=O)=O)cc3)ccc12. The van der Waals surface area contributed by atoms with E-state index in [9.17, 15) is 18.0 Å². The zero-order valence-electron chi connectivity index (χ0n) is 17.5. The second kappa shape index (κ2) is 8.91. The molecule has 1 atom stereocenters. The summed E-state index contributed by atoms with van der Waals surface area (Å²) in [5.41, 5.74) is 2.32. The van der Waals surface area contributed by atoms with Gasteiger partial charge in [-0.2, -0.15) is 0 Å². The van der Waals surface area contributed by atoms with Crippen molar-refractivity contribution in [1.82, 2.24) is 5.32 Å². The van der Waals surface area contributed by atoms with Crippen LogP contribution >= 0.6 is 0 Å². The molecular formula is C22H24N2O6S. The van der Waals surface area contributed by atoms with E-state index in [1.807, 2.05) is 6.92 Å². The van der Waals surface area contributed by atoms with Gasteiger partial charge in [0.15, 0.2) is 6.10 Å². The third kappa shape index (κ3) is 5.31. The summed E-state index contributed by atoms with van der Waals surface area (Å²) in [5, 5.41) is 8.68. The Hall–Kier alpha value is -3.17. The third-order valence-corrected chi connectivity index (χ3v) is 5.89. The molecule has 3 N–H and O–H groups in total. The van der Waals surface area contributed by atoms with Crippen LogP contribution < -0.4 is 20.8 Å². The Kier molecular flexibility index (Phi) is 6.47. The number of carbonyl (C=O) groups excluding carboxylic acids is 1. The molecule has 1 aromatic heterocycles. The number of hydrogen-bond donors (Lipinski definition) is 2. The smallest absolute Gasteiger partial charge is 0.336 e. The van der Waals surface area contributed by atoms with Crippen molar-refractivity contribution in [2.45, 2.75) is 38.2 Å². The molecule has 0 radical (unpaired) electrons. The number of amides is 1. The van der Waals surface area contributed by atoms with Gasteiger partial charge in [0.25, 0.3) is 5.91 Å². The first-order valence-electron chi connectivity index (χ1n) is 9.66. The first-order valence-corrected chi connectivity index (χ1v) is 11.2. The van der Waals surface area contributed by atoms with Crippen LogP contribution in [0.25, 0.3) is 11.0 Å². The molecule has 0 saturated heterocycles. The van der Waals surface area contributed by atoms with Gasteiger partial charge in [-0.3, -0.25) is 4.79 Å². The lowest BCUT2D eigenvalue weighted by Crippen LogP contribution is -2.37. The summed E-state index contributed by atoms with van der Waals surface area (Å²) in [5.74, 6) is 0.161. The Morgan fingerprint density at radius 3 is 2.48 bits per heavy atom. The Balaban J connectivity index is 1.61. The van der Waals surface area contributed by atoms with Crippen LogP contribution in [-0.4, -0.2) is 27.0 Å². The van der Waals surface area contributed by atoms with E-state index in [0.29, 0.717) is 29.9 Å². The maximum atomic E-state index is 12.4. The van der Waals surface area contributed by atoms with Gasteiger partial charge in [-0.05, 0) is 62.6 Å². The van der Waals surface area contributed by atoms with Crippen LogP contribution in [0.15, 0.2) is 56.6 Å². The number of sulfonamides is 1. The average molecular weight is 445 g/mol. The summed E-state index contributed by atoms with van der Waals surface area (Å²) in [6, 6.07) is 11.1. The number of aryl methyl sites for hydroxylation is 2. The molecule has 0 aliphatic carbocycles. The molecule has 164 valence electrons. The molecule has 1 heterocycles. The van der Waals surface area contributed by atoms with E-state index >= 15 is 0 Å². The van der Waals surface area contributed by atoms with Gasteiger partial charge in [0.05, 0.1) is 4.90 Å². The molecule has 0 aliphatic heterocycles. The van der Waals surface area contributed by atoms with E-state index in [0.717, 1.165) is 16.5 Å². The normalized spacial score (nSPS) is 12.5. The van der Waals surface area contributed by atoms with E-state index in [-0.39, 0.29) is 10.8 Å². The van der Waals surface area contributed by atoms with Crippen molar-refractivity contribution in [3.8, 4) is 5.75 Å². The summed E-state index contributed by atoms with van der Waals surface area (Å²) < 4.78 is 33.7. The van der Waals surface area contributed by atoms with Gasteiger partial charge in [0, 0.05) is 23.6 Å². The number of carbonyl (C=O) groups is 1. The van der Waals surface area contributed by atoms with Crippen molar-refractivity contribution >= 4 is 26.9 Å². The van der Waals surface area contributed by atoms with Crippen LogP contribution in [0.1, 0.15) is 23.6 Å². The molecule has 2 aromatic carbocycles. The number of nitrogens with two attached hydrogens (primary N) is 1. The number of hydrogen-bond acceptors (Lipinski definition) is 6. The van der Waals surface area contributed by atoms with Crippen molar-refractivity contribution in [1.29, 1.82) is 0 Å². The van der Waals surface area contributed by atoms with Crippen molar-refractivity contribution < 1.29 is 22.4 Å². The highest BCUT2D eigenvalue weighted by Gasteiger charge is 2.17. The van der Waals surface area contributed by atoms with Gasteiger partial charge in [0.2, 0.25) is 10.0 Å². The molecule has 3 aromatic rings. The molecule has 0 bridgehead atoms. The number of rotatable bonds is 7. The quantitative estimate of drug-likeness (QED) is 0.538. The fraction of sp³-hybridized carbons (Fsp3) is 0.273. The van der Waals surface area contributed by atoms with Gasteiger partial charge in [-0.15, -0.1) is 0 Å². The summed E-state index contributed by atoms with van der Waals surface area (Å²) >= 11 is 0. The summed E-state index contributed by atoms with van der Waals surface area (Å²) in [4.78, 5) is 24.1. The van der Waals surface area contributed by atoms with Crippen LogP contribution in [0.2, 0.25) is 0 Å². The van der Waals surface area contributed by atoms with Crippen LogP contribution in [-0.2, 0) is 21.2 Å². The summed E-state index contributed by atoms with van der Waals surface area (Å²) in [6.45, 7) is 5.59. The van der Waals surface area contributed by atoms with Crippen LogP contribution in [0.3, 0.4) is 0 Å². The first kappa shape index (κ1) is 22.5. The fourth-order valence-corrected chi connectivity index (χ4v) is 3.71. The maximum absolute atomic E-state index is 12.4. The van der Waals surface area contributed by atoms with Crippen LogP contribution in [0.4, 0.5) is 0 Å². The van der Waals surface area contributed by atoms with E-state index in [4.69, 9.17) is 14.3 Å². The molecule has 0 saturated carbocycles. The highest BCUT2D eigenvalue weighted by Crippen LogP contribution is 2.28. The van der Waals surface area contributed by atoms with Crippen molar-refractivity contribution in [3.63, 3.8) is 0 Å². The van der Waals surface area contributed by atoms with Gasteiger partial charge in [-0.1, -0.05) is 12.1 Å².